The van der Waals surface area contributed by atoms with Gasteiger partial charge in [-0.05, 0) is 59.1 Å². The Bertz CT molecular complexity index is 975. The number of para-hydroxylation sites is 1. The number of carbonyl (C=O) groups excluding carboxylic acids is 1. The quantitative estimate of drug-likeness (QED) is 0.650. The summed E-state index contributed by atoms with van der Waals surface area (Å²) in [5.41, 5.74) is 0.284. The summed E-state index contributed by atoms with van der Waals surface area (Å²) in [5, 5.41) is 2.68. The Kier molecular flexibility index (Phi) is 7.15. The summed E-state index contributed by atoms with van der Waals surface area (Å²) in [6, 6.07) is 11.7. The fraction of sp³-hybridized carbons (Fsp3) is 0.350. The topological polar surface area (TPSA) is 84.9 Å². The van der Waals surface area contributed by atoms with Crippen molar-refractivity contribution in [1.82, 2.24) is 4.31 Å². The third kappa shape index (κ3) is 5.29. The van der Waals surface area contributed by atoms with E-state index in [9.17, 15) is 13.2 Å². The van der Waals surface area contributed by atoms with E-state index in [1.165, 1.54) is 23.5 Å². The minimum Gasteiger partial charge on any atom is -0.495 e. The van der Waals surface area contributed by atoms with Gasteiger partial charge in [0.15, 0.2) is 6.61 Å². The monoisotopic (exact) mass is 482 g/mol. The predicted octanol–water partition coefficient (Wildman–Crippen LogP) is 3.65. The van der Waals surface area contributed by atoms with Gasteiger partial charge in [0.1, 0.15) is 11.5 Å². The van der Waals surface area contributed by atoms with E-state index < -0.39 is 15.9 Å². The Hall–Kier alpha value is -2.10. The van der Waals surface area contributed by atoms with E-state index in [1.54, 1.807) is 18.2 Å². The van der Waals surface area contributed by atoms with E-state index in [0.29, 0.717) is 24.6 Å². The molecular weight excluding hydrogens is 460 g/mol. The van der Waals surface area contributed by atoms with E-state index in [1.807, 2.05) is 12.1 Å². The third-order valence-corrected chi connectivity index (χ3v) is 7.14. The zero-order valence-electron chi connectivity index (χ0n) is 16.1. The lowest BCUT2D eigenvalue weighted by atomic mass is 10.2. The summed E-state index contributed by atoms with van der Waals surface area (Å²) in [7, 11) is -2.16. The van der Waals surface area contributed by atoms with Crippen molar-refractivity contribution in [3.05, 3.63) is 46.9 Å². The highest BCUT2D eigenvalue weighted by Crippen LogP contribution is 2.30. The first-order valence-electron chi connectivity index (χ1n) is 9.27. The second kappa shape index (κ2) is 9.60. The minimum atomic E-state index is -3.62. The van der Waals surface area contributed by atoms with Gasteiger partial charge in [0.05, 0.1) is 22.2 Å². The maximum atomic E-state index is 12.9. The molecule has 1 heterocycles. The van der Waals surface area contributed by atoms with Crippen LogP contribution in [0.15, 0.2) is 51.8 Å². The fourth-order valence-electron chi connectivity index (χ4n) is 3.09. The van der Waals surface area contributed by atoms with Crippen LogP contribution >= 0.6 is 15.9 Å². The molecule has 1 fully saturated rings. The van der Waals surface area contributed by atoms with Crippen molar-refractivity contribution in [1.29, 1.82) is 0 Å². The molecule has 1 aliphatic rings. The number of benzene rings is 2. The summed E-state index contributed by atoms with van der Waals surface area (Å²) >= 11 is 3.36. The first-order valence-corrected chi connectivity index (χ1v) is 11.5. The number of anilines is 1. The van der Waals surface area contributed by atoms with Crippen LogP contribution in [0.25, 0.3) is 0 Å². The predicted molar refractivity (Wildman–Crippen MR) is 114 cm³/mol. The van der Waals surface area contributed by atoms with Crippen molar-refractivity contribution in [2.45, 2.75) is 24.2 Å². The molecule has 0 spiro atoms. The lowest BCUT2D eigenvalue weighted by Crippen LogP contribution is -2.35. The molecule has 1 N–H and O–H groups in total. The molecule has 0 aliphatic carbocycles. The third-order valence-electron chi connectivity index (χ3n) is 4.59. The Labute approximate surface area is 179 Å². The fourth-order valence-corrected chi connectivity index (χ4v) is 5.03. The maximum absolute atomic E-state index is 12.9. The number of hydrogen-bond acceptors (Lipinski definition) is 5. The molecule has 1 aliphatic heterocycles. The molecule has 29 heavy (non-hydrogen) atoms. The number of ether oxygens (including phenoxy) is 2. The molecule has 1 amide bonds. The van der Waals surface area contributed by atoms with Crippen molar-refractivity contribution < 1.29 is 22.7 Å². The van der Waals surface area contributed by atoms with Gasteiger partial charge in [-0.1, -0.05) is 18.6 Å². The highest BCUT2D eigenvalue weighted by molar-refractivity contribution is 9.10. The van der Waals surface area contributed by atoms with Gasteiger partial charge < -0.3 is 14.8 Å². The van der Waals surface area contributed by atoms with E-state index in [4.69, 9.17) is 9.47 Å². The van der Waals surface area contributed by atoms with Crippen LogP contribution in [0.5, 0.6) is 11.5 Å². The molecule has 0 bridgehead atoms. The molecule has 2 aromatic carbocycles. The molecule has 0 aromatic heterocycles. The zero-order valence-corrected chi connectivity index (χ0v) is 18.5. The lowest BCUT2D eigenvalue weighted by Gasteiger charge is -2.26. The molecule has 2 aromatic rings. The first-order chi connectivity index (χ1) is 13.9. The van der Waals surface area contributed by atoms with Crippen LogP contribution in [-0.4, -0.2) is 45.4 Å². The zero-order chi connectivity index (χ0) is 20.9. The van der Waals surface area contributed by atoms with Crippen molar-refractivity contribution in [2.24, 2.45) is 0 Å². The first kappa shape index (κ1) is 21.6. The van der Waals surface area contributed by atoms with Crippen LogP contribution in [0.2, 0.25) is 0 Å². The van der Waals surface area contributed by atoms with Gasteiger partial charge in [-0.2, -0.15) is 4.31 Å². The van der Waals surface area contributed by atoms with Crippen molar-refractivity contribution in [3.63, 3.8) is 0 Å². The largest absolute Gasteiger partial charge is 0.495 e. The number of piperidine rings is 1. The second-order valence-corrected chi connectivity index (χ2v) is 9.39. The Morgan fingerprint density at radius 1 is 1.10 bits per heavy atom. The average Bonchev–Trinajstić information content (AvgIpc) is 2.73. The minimum absolute atomic E-state index is 0.127. The molecule has 0 atom stereocenters. The number of methoxy groups -OCH3 is 1. The maximum Gasteiger partial charge on any atom is 0.262 e. The van der Waals surface area contributed by atoms with Gasteiger partial charge in [-0.3, -0.25) is 4.79 Å². The van der Waals surface area contributed by atoms with E-state index in [0.717, 1.165) is 23.7 Å². The number of rotatable bonds is 7. The smallest absolute Gasteiger partial charge is 0.262 e. The highest BCUT2D eigenvalue weighted by atomic mass is 79.9. The molecule has 1 saturated heterocycles. The van der Waals surface area contributed by atoms with Gasteiger partial charge in [-0.15, -0.1) is 0 Å². The van der Waals surface area contributed by atoms with Crippen LogP contribution < -0.4 is 14.8 Å². The van der Waals surface area contributed by atoms with Crippen LogP contribution in [-0.2, 0) is 14.8 Å². The summed E-state index contributed by atoms with van der Waals surface area (Å²) in [5.74, 6) is 0.486. The number of hydrogen-bond donors (Lipinski definition) is 1. The molecule has 0 saturated carbocycles. The average molecular weight is 483 g/mol. The van der Waals surface area contributed by atoms with Gasteiger partial charge in [0, 0.05) is 13.1 Å². The van der Waals surface area contributed by atoms with Crippen LogP contribution in [0, 0.1) is 0 Å². The van der Waals surface area contributed by atoms with E-state index in [2.05, 4.69) is 21.2 Å². The van der Waals surface area contributed by atoms with Gasteiger partial charge >= 0.3 is 0 Å². The highest BCUT2D eigenvalue weighted by Gasteiger charge is 2.27. The van der Waals surface area contributed by atoms with Crippen LogP contribution in [0.1, 0.15) is 19.3 Å². The number of nitrogens with zero attached hydrogens (tertiary/aromatic N) is 1. The molecular formula is C20H23BrN2O5S. The SMILES string of the molecule is COc1ccc(S(=O)(=O)N2CCCCC2)cc1NC(=O)COc1ccccc1Br. The molecule has 156 valence electrons. The van der Waals surface area contributed by atoms with Crippen molar-refractivity contribution in [3.8, 4) is 11.5 Å². The van der Waals surface area contributed by atoms with Crippen molar-refractivity contribution >= 4 is 37.5 Å². The number of carbonyl (C=O) groups is 1. The summed E-state index contributed by atoms with van der Waals surface area (Å²) in [6.07, 6.45) is 2.74. The molecule has 0 unspecified atom stereocenters. The lowest BCUT2D eigenvalue weighted by molar-refractivity contribution is -0.118. The molecule has 3 rings (SSSR count). The summed E-state index contributed by atoms with van der Waals surface area (Å²) in [4.78, 5) is 12.5. The standard InChI is InChI=1S/C20H23BrN2O5S/c1-27-19-10-9-15(29(25,26)23-11-5-2-6-12-23)13-17(19)22-20(24)14-28-18-8-4-3-7-16(18)21/h3-4,7-10,13H,2,5-6,11-12,14H2,1H3,(H,22,24). The molecule has 9 heteroatoms. The van der Waals surface area contributed by atoms with Crippen LogP contribution in [0.4, 0.5) is 5.69 Å². The van der Waals surface area contributed by atoms with Crippen molar-refractivity contribution in [2.75, 3.05) is 32.1 Å². The van der Waals surface area contributed by atoms with Gasteiger partial charge in [-0.25, -0.2) is 8.42 Å². The van der Waals surface area contributed by atoms with Gasteiger partial charge in [0.25, 0.3) is 5.91 Å². The summed E-state index contributed by atoms with van der Waals surface area (Å²) < 4.78 is 38.8. The Balaban J connectivity index is 1.75. The molecule has 0 radical (unpaired) electrons. The summed E-state index contributed by atoms with van der Waals surface area (Å²) in [6.45, 7) is 0.792. The Morgan fingerprint density at radius 2 is 1.83 bits per heavy atom. The number of amides is 1. The van der Waals surface area contributed by atoms with Crippen LogP contribution in [0.3, 0.4) is 0 Å². The number of halogens is 1. The number of sulfonamides is 1. The second-order valence-electron chi connectivity index (χ2n) is 6.59. The van der Waals surface area contributed by atoms with Gasteiger partial charge in [0.2, 0.25) is 10.0 Å². The number of nitrogens with one attached hydrogen (secondary N) is 1. The van der Waals surface area contributed by atoms with E-state index >= 15 is 0 Å². The Morgan fingerprint density at radius 3 is 2.52 bits per heavy atom. The normalized spacial score (nSPS) is 15.0. The van der Waals surface area contributed by atoms with E-state index in [-0.39, 0.29) is 17.2 Å². The molecule has 7 nitrogen and oxygen atoms in total.